The molecular formula is C14H28N2O. The van der Waals surface area contributed by atoms with Crippen LogP contribution < -0.4 is 5.73 Å². The molecule has 1 aliphatic heterocycles. The minimum Gasteiger partial charge on any atom is -0.378 e. The van der Waals surface area contributed by atoms with Crippen LogP contribution in [0.2, 0.25) is 0 Å². The highest BCUT2D eigenvalue weighted by molar-refractivity contribution is 4.99. The molecule has 0 aromatic carbocycles. The highest BCUT2D eigenvalue weighted by Gasteiger charge is 2.43. The number of nitrogens with two attached hydrogens (primary N) is 1. The Hall–Kier alpha value is -0.120. The molecule has 0 bridgehead atoms. The van der Waals surface area contributed by atoms with Crippen LogP contribution >= 0.6 is 0 Å². The van der Waals surface area contributed by atoms with Crippen molar-refractivity contribution in [1.29, 1.82) is 0 Å². The largest absolute Gasteiger partial charge is 0.378 e. The summed E-state index contributed by atoms with van der Waals surface area (Å²) in [6.07, 6.45) is 5.48. The first-order chi connectivity index (χ1) is 7.98. The minimum absolute atomic E-state index is 0.121. The van der Waals surface area contributed by atoms with Gasteiger partial charge in [0.05, 0.1) is 13.2 Å². The van der Waals surface area contributed by atoms with Crippen LogP contribution in [0.4, 0.5) is 0 Å². The number of nitrogens with zero attached hydrogens (tertiary/aromatic N) is 1. The van der Waals surface area contributed by atoms with E-state index in [1.165, 1.54) is 25.7 Å². The molecule has 17 heavy (non-hydrogen) atoms. The average molecular weight is 240 g/mol. The van der Waals surface area contributed by atoms with Crippen molar-refractivity contribution >= 4 is 0 Å². The van der Waals surface area contributed by atoms with Crippen molar-refractivity contribution in [2.24, 2.45) is 11.7 Å². The lowest BCUT2D eigenvalue weighted by Crippen LogP contribution is -2.65. The maximum absolute atomic E-state index is 6.10. The van der Waals surface area contributed by atoms with Gasteiger partial charge in [0.1, 0.15) is 0 Å². The van der Waals surface area contributed by atoms with Crippen molar-refractivity contribution in [1.82, 2.24) is 4.90 Å². The molecule has 100 valence electrons. The summed E-state index contributed by atoms with van der Waals surface area (Å²) in [5, 5.41) is 0. The van der Waals surface area contributed by atoms with Gasteiger partial charge in [0, 0.05) is 24.2 Å². The molecule has 0 amide bonds. The summed E-state index contributed by atoms with van der Waals surface area (Å²) in [4.78, 5) is 2.60. The van der Waals surface area contributed by atoms with Crippen molar-refractivity contribution < 1.29 is 4.74 Å². The summed E-state index contributed by atoms with van der Waals surface area (Å²) >= 11 is 0. The van der Waals surface area contributed by atoms with Gasteiger partial charge in [0.15, 0.2) is 0 Å². The molecule has 0 aromatic heterocycles. The van der Waals surface area contributed by atoms with Gasteiger partial charge in [-0.3, -0.25) is 4.90 Å². The van der Waals surface area contributed by atoms with Crippen LogP contribution in [0.3, 0.4) is 0 Å². The molecule has 0 aromatic rings. The van der Waals surface area contributed by atoms with Crippen molar-refractivity contribution in [2.75, 3.05) is 26.3 Å². The Kier molecular flexibility index (Phi) is 3.81. The zero-order valence-corrected chi connectivity index (χ0v) is 11.7. The highest BCUT2D eigenvalue weighted by Crippen LogP contribution is 2.38. The summed E-state index contributed by atoms with van der Waals surface area (Å²) in [5.74, 6) is 0.905. The molecule has 1 unspecified atom stereocenters. The molecule has 1 heterocycles. The normalized spacial score (nSPS) is 29.6. The van der Waals surface area contributed by atoms with Gasteiger partial charge in [0.2, 0.25) is 0 Å². The fourth-order valence-electron chi connectivity index (χ4n) is 3.48. The number of hydrogen-bond donors (Lipinski definition) is 1. The third-order valence-corrected chi connectivity index (χ3v) is 4.69. The van der Waals surface area contributed by atoms with Crippen LogP contribution in [0.25, 0.3) is 0 Å². The van der Waals surface area contributed by atoms with Gasteiger partial charge in [-0.15, -0.1) is 0 Å². The molecule has 2 aliphatic rings. The maximum atomic E-state index is 6.10. The van der Waals surface area contributed by atoms with Gasteiger partial charge in [-0.25, -0.2) is 0 Å². The maximum Gasteiger partial charge on any atom is 0.0645 e. The van der Waals surface area contributed by atoms with E-state index >= 15 is 0 Å². The lowest BCUT2D eigenvalue weighted by Gasteiger charge is -2.53. The standard InChI is InChI=1S/C14H28N2O/c1-13(2)11-17-8-7-16(13)14(3,10-15)9-12-5-4-6-12/h12H,4-11,15H2,1-3H3. The molecule has 1 saturated heterocycles. The lowest BCUT2D eigenvalue weighted by atomic mass is 9.74. The Morgan fingerprint density at radius 2 is 2.12 bits per heavy atom. The summed E-state index contributed by atoms with van der Waals surface area (Å²) in [6, 6.07) is 0. The van der Waals surface area contributed by atoms with E-state index in [4.69, 9.17) is 10.5 Å². The predicted molar refractivity (Wildman–Crippen MR) is 71.0 cm³/mol. The second-order valence-electron chi connectivity index (χ2n) is 6.72. The van der Waals surface area contributed by atoms with Gasteiger partial charge in [-0.2, -0.15) is 0 Å². The van der Waals surface area contributed by atoms with Crippen LogP contribution in [0.15, 0.2) is 0 Å². The summed E-state index contributed by atoms with van der Waals surface area (Å²) < 4.78 is 5.62. The second-order valence-corrected chi connectivity index (χ2v) is 6.72. The van der Waals surface area contributed by atoms with E-state index in [1.807, 2.05) is 0 Å². The van der Waals surface area contributed by atoms with Crippen LogP contribution in [0.1, 0.15) is 46.5 Å². The lowest BCUT2D eigenvalue weighted by molar-refractivity contribution is -0.106. The highest BCUT2D eigenvalue weighted by atomic mass is 16.5. The molecule has 1 aliphatic carbocycles. The average Bonchev–Trinajstić information content (AvgIpc) is 2.23. The third kappa shape index (κ3) is 2.67. The number of morpholine rings is 1. The first kappa shape index (κ1) is 13.3. The Morgan fingerprint density at radius 3 is 2.59 bits per heavy atom. The Labute approximate surface area is 106 Å². The zero-order valence-electron chi connectivity index (χ0n) is 11.7. The smallest absolute Gasteiger partial charge is 0.0645 e. The third-order valence-electron chi connectivity index (χ3n) is 4.69. The molecule has 2 N–H and O–H groups in total. The fourth-order valence-corrected chi connectivity index (χ4v) is 3.48. The van der Waals surface area contributed by atoms with Gasteiger partial charge in [0.25, 0.3) is 0 Å². The predicted octanol–water partition coefficient (Wildman–Crippen LogP) is 2.00. The van der Waals surface area contributed by atoms with Gasteiger partial charge < -0.3 is 10.5 Å². The fraction of sp³-hybridized carbons (Fsp3) is 1.00. The number of ether oxygens (including phenoxy) is 1. The van der Waals surface area contributed by atoms with Crippen LogP contribution in [-0.2, 0) is 4.74 Å². The number of rotatable bonds is 4. The SMILES string of the molecule is CC1(C)COCCN1C(C)(CN)CC1CCC1. The summed E-state index contributed by atoms with van der Waals surface area (Å²) in [7, 11) is 0. The summed E-state index contributed by atoms with van der Waals surface area (Å²) in [5.41, 5.74) is 6.38. The summed E-state index contributed by atoms with van der Waals surface area (Å²) in [6.45, 7) is 10.4. The van der Waals surface area contributed by atoms with E-state index < -0.39 is 0 Å². The quantitative estimate of drug-likeness (QED) is 0.817. The van der Waals surface area contributed by atoms with Crippen LogP contribution in [-0.4, -0.2) is 42.3 Å². The van der Waals surface area contributed by atoms with Crippen molar-refractivity contribution in [3.63, 3.8) is 0 Å². The Balaban J connectivity index is 2.08. The van der Waals surface area contributed by atoms with Crippen LogP contribution in [0.5, 0.6) is 0 Å². The van der Waals surface area contributed by atoms with E-state index in [1.54, 1.807) is 0 Å². The van der Waals surface area contributed by atoms with Gasteiger partial charge in [-0.05, 0) is 33.1 Å². The molecule has 0 spiro atoms. The van der Waals surface area contributed by atoms with Crippen LogP contribution in [0, 0.1) is 5.92 Å². The molecular weight excluding hydrogens is 212 g/mol. The molecule has 1 atom stereocenters. The van der Waals surface area contributed by atoms with E-state index in [9.17, 15) is 0 Å². The molecule has 3 heteroatoms. The van der Waals surface area contributed by atoms with E-state index in [-0.39, 0.29) is 11.1 Å². The minimum atomic E-state index is 0.121. The van der Waals surface area contributed by atoms with Gasteiger partial charge >= 0.3 is 0 Å². The first-order valence-corrected chi connectivity index (χ1v) is 7.03. The molecule has 3 nitrogen and oxygen atoms in total. The van der Waals surface area contributed by atoms with Crippen molar-refractivity contribution in [2.45, 2.75) is 57.5 Å². The van der Waals surface area contributed by atoms with Gasteiger partial charge in [-0.1, -0.05) is 19.3 Å². The Bertz CT molecular complexity index is 263. The van der Waals surface area contributed by atoms with E-state index in [0.717, 1.165) is 32.2 Å². The monoisotopic (exact) mass is 240 g/mol. The second kappa shape index (κ2) is 4.87. The molecule has 2 rings (SSSR count). The molecule has 1 saturated carbocycles. The Morgan fingerprint density at radius 1 is 1.41 bits per heavy atom. The molecule has 2 fully saturated rings. The van der Waals surface area contributed by atoms with Crippen molar-refractivity contribution in [3.05, 3.63) is 0 Å². The zero-order chi connectivity index (χ0) is 12.5. The van der Waals surface area contributed by atoms with Crippen molar-refractivity contribution in [3.8, 4) is 0 Å². The topological polar surface area (TPSA) is 38.5 Å². The first-order valence-electron chi connectivity index (χ1n) is 7.03. The van der Waals surface area contributed by atoms with E-state index in [2.05, 4.69) is 25.7 Å². The number of hydrogen-bond acceptors (Lipinski definition) is 3. The van der Waals surface area contributed by atoms with E-state index in [0.29, 0.717) is 0 Å². The molecule has 0 radical (unpaired) electrons.